The van der Waals surface area contributed by atoms with Crippen molar-refractivity contribution in [1.29, 1.82) is 0 Å². The Kier molecular flexibility index (Phi) is 4.88. The van der Waals surface area contributed by atoms with Gasteiger partial charge in [0.25, 0.3) is 0 Å². The minimum Gasteiger partial charge on any atom is -0.490 e. The van der Waals surface area contributed by atoms with Crippen LogP contribution in [0.2, 0.25) is 0 Å². The molecule has 0 spiro atoms. The van der Waals surface area contributed by atoms with Crippen molar-refractivity contribution >= 4 is 5.97 Å². The first-order valence-corrected chi connectivity index (χ1v) is 7.66. The molecule has 2 rings (SSSR count). The van der Waals surface area contributed by atoms with Crippen LogP contribution >= 0.6 is 0 Å². The highest BCUT2D eigenvalue weighted by molar-refractivity contribution is 5.79. The molecule has 1 saturated carbocycles. The third-order valence-corrected chi connectivity index (χ3v) is 4.43. The molecule has 4 nitrogen and oxygen atoms in total. The molecule has 1 aromatic carbocycles. The maximum Gasteiger partial charge on any atom is 0.324 e. The summed E-state index contributed by atoms with van der Waals surface area (Å²) in [6.45, 7) is 4.27. The summed E-state index contributed by atoms with van der Waals surface area (Å²) < 4.78 is 6.15. The van der Waals surface area contributed by atoms with E-state index >= 15 is 0 Å². The zero-order chi connectivity index (χ0) is 15.5. The highest BCUT2D eigenvalue weighted by atomic mass is 16.5. The van der Waals surface area contributed by atoms with Crippen LogP contribution in [0.5, 0.6) is 5.75 Å². The molecule has 0 amide bonds. The molecule has 2 atom stereocenters. The number of likely N-dealkylation sites (N-methyl/N-ethyl adjacent to an activating group) is 1. The number of rotatable bonds is 5. The average molecular weight is 291 g/mol. The summed E-state index contributed by atoms with van der Waals surface area (Å²) >= 11 is 0. The van der Waals surface area contributed by atoms with Gasteiger partial charge in [0, 0.05) is 6.42 Å². The normalized spacial score (nSPS) is 25.8. The highest BCUT2D eigenvalue weighted by Crippen LogP contribution is 2.33. The largest absolute Gasteiger partial charge is 0.490 e. The molecule has 0 radical (unpaired) electrons. The third kappa shape index (κ3) is 3.38. The SMILES string of the molecule is CNC1(C(=O)O)CCCC(Oc2ccccc2C(C)C)C1. The molecule has 1 fully saturated rings. The minimum atomic E-state index is -0.851. The summed E-state index contributed by atoms with van der Waals surface area (Å²) in [7, 11) is 1.72. The van der Waals surface area contributed by atoms with Gasteiger partial charge >= 0.3 is 5.97 Å². The first kappa shape index (κ1) is 15.8. The summed E-state index contributed by atoms with van der Waals surface area (Å²) in [5, 5.41) is 12.5. The predicted octanol–water partition coefficient (Wildman–Crippen LogP) is 3.17. The fourth-order valence-corrected chi connectivity index (χ4v) is 3.10. The van der Waals surface area contributed by atoms with E-state index in [0.29, 0.717) is 18.8 Å². The molecular formula is C17H25NO3. The molecule has 1 aliphatic carbocycles. The van der Waals surface area contributed by atoms with Crippen molar-refractivity contribution in [3.8, 4) is 5.75 Å². The third-order valence-electron chi connectivity index (χ3n) is 4.43. The Morgan fingerprint density at radius 2 is 2.14 bits per heavy atom. The molecule has 0 bridgehead atoms. The fourth-order valence-electron chi connectivity index (χ4n) is 3.10. The van der Waals surface area contributed by atoms with E-state index in [-0.39, 0.29) is 6.10 Å². The second kappa shape index (κ2) is 6.48. The zero-order valence-electron chi connectivity index (χ0n) is 13.1. The highest BCUT2D eigenvalue weighted by Gasteiger charge is 2.42. The quantitative estimate of drug-likeness (QED) is 0.875. The van der Waals surface area contributed by atoms with E-state index in [1.54, 1.807) is 7.05 Å². The molecule has 0 saturated heterocycles. The van der Waals surface area contributed by atoms with Gasteiger partial charge in [-0.2, -0.15) is 0 Å². The Morgan fingerprint density at radius 3 is 2.76 bits per heavy atom. The van der Waals surface area contributed by atoms with Crippen molar-refractivity contribution in [3.05, 3.63) is 29.8 Å². The molecule has 1 aliphatic rings. The van der Waals surface area contributed by atoms with Crippen molar-refractivity contribution < 1.29 is 14.6 Å². The van der Waals surface area contributed by atoms with Crippen molar-refractivity contribution in [2.75, 3.05) is 7.05 Å². The number of benzene rings is 1. The van der Waals surface area contributed by atoms with Crippen LogP contribution in [0.15, 0.2) is 24.3 Å². The van der Waals surface area contributed by atoms with Gasteiger partial charge < -0.3 is 15.2 Å². The molecule has 2 unspecified atom stereocenters. The van der Waals surface area contributed by atoms with Crippen LogP contribution in [0.1, 0.15) is 51.0 Å². The topological polar surface area (TPSA) is 58.6 Å². The Hall–Kier alpha value is -1.55. The van der Waals surface area contributed by atoms with Crippen LogP contribution in [0.25, 0.3) is 0 Å². The molecule has 1 aromatic rings. The standard InChI is InChI=1S/C17H25NO3/c1-12(2)14-8-4-5-9-15(14)21-13-7-6-10-17(11-13,18-3)16(19)20/h4-5,8-9,12-13,18H,6-7,10-11H2,1-3H3,(H,19,20). The van der Waals surface area contributed by atoms with Gasteiger partial charge in [-0.1, -0.05) is 32.0 Å². The smallest absolute Gasteiger partial charge is 0.324 e. The van der Waals surface area contributed by atoms with Gasteiger partial charge in [0.05, 0.1) is 0 Å². The zero-order valence-corrected chi connectivity index (χ0v) is 13.1. The molecule has 21 heavy (non-hydrogen) atoms. The molecule has 2 N–H and O–H groups in total. The fraction of sp³-hybridized carbons (Fsp3) is 0.588. The summed E-state index contributed by atoms with van der Waals surface area (Å²) in [5.41, 5.74) is 0.323. The average Bonchev–Trinajstić information content (AvgIpc) is 2.47. The van der Waals surface area contributed by atoms with Crippen LogP contribution in [0, 0.1) is 0 Å². The van der Waals surface area contributed by atoms with Crippen LogP contribution in [0.4, 0.5) is 0 Å². The molecule has 116 valence electrons. The van der Waals surface area contributed by atoms with E-state index in [9.17, 15) is 9.90 Å². The van der Waals surface area contributed by atoms with E-state index in [1.807, 2.05) is 18.2 Å². The molecule has 4 heteroatoms. The first-order chi connectivity index (χ1) is 9.98. The minimum absolute atomic E-state index is 0.0535. The lowest BCUT2D eigenvalue weighted by Crippen LogP contribution is -2.55. The number of hydrogen-bond acceptors (Lipinski definition) is 3. The monoisotopic (exact) mass is 291 g/mol. The Balaban J connectivity index is 2.15. The van der Waals surface area contributed by atoms with E-state index in [0.717, 1.165) is 18.6 Å². The van der Waals surface area contributed by atoms with Gasteiger partial charge in [0.2, 0.25) is 0 Å². The lowest BCUT2D eigenvalue weighted by molar-refractivity contribution is -0.147. The second-order valence-electron chi connectivity index (χ2n) is 6.17. The summed E-state index contributed by atoms with van der Waals surface area (Å²) in [4.78, 5) is 11.6. The van der Waals surface area contributed by atoms with E-state index in [1.165, 1.54) is 5.56 Å². The lowest BCUT2D eigenvalue weighted by atomic mass is 9.80. The first-order valence-electron chi connectivity index (χ1n) is 7.66. The molecule has 0 aromatic heterocycles. The number of hydrogen-bond donors (Lipinski definition) is 2. The predicted molar refractivity (Wildman–Crippen MR) is 82.8 cm³/mol. The number of carboxylic acid groups (broad SMARTS) is 1. The number of nitrogens with one attached hydrogen (secondary N) is 1. The van der Waals surface area contributed by atoms with E-state index < -0.39 is 11.5 Å². The number of para-hydroxylation sites is 1. The van der Waals surface area contributed by atoms with Gasteiger partial charge in [-0.15, -0.1) is 0 Å². The Labute approximate surface area is 126 Å². The second-order valence-corrected chi connectivity index (χ2v) is 6.17. The van der Waals surface area contributed by atoms with Crippen molar-refractivity contribution in [2.45, 2.75) is 57.1 Å². The Morgan fingerprint density at radius 1 is 1.43 bits per heavy atom. The summed E-state index contributed by atoms with van der Waals surface area (Å²) in [6.07, 6.45) is 2.88. The number of aliphatic carboxylic acids is 1. The maximum absolute atomic E-state index is 11.6. The lowest BCUT2D eigenvalue weighted by Gasteiger charge is -2.37. The Bertz CT molecular complexity index is 501. The van der Waals surface area contributed by atoms with Crippen molar-refractivity contribution in [3.63, 3.8) is 0 Å². The van der Waals surface area contributed by atoms with Gasteiger partial charge in [-0.3, -0.25) is 4.79 Å². The van der Waals surface area contributed by atoms with E-state index in [2.05, 4.69) is 25.2 Å². The van der Waals surface area contributed by atoms with Gasteiger partial charge in [-0.25, -0.2) is 0 Å². The van der Waals surface area contributed by atoms with Crippen LogP contribution in [0.3, 0.4) is 0 Å². The van der Waals surface area contributed by atoms with Crippen LogP contribution in [-0.4, -0.2) is 29.8 Å². The van der Waals surface area contributed by atoms with Gasteiger partial charge in [0.15, 0.2) is 0 Å². The van der Waals surface area contributed by atoms with Crippen LogP contribution in [-0.2, 0) is 4.79 Å². The maximum atomic E-state index is 11.6. The van der Waals surface area contributed by atoms with Gasteiger partial charge in [0.1, 0.15) is 17.4 Å². The molecule has 0 heterocycles. The number of ether oxygens (including phenoxy) is 1. The summed E-state index contributed by atoms with van der Waals surface area (Å²) in [5.74, 6) is 0.489. The van der Waals surface area contributed by atoms with Crippen molar-refractivity contribution in [1.82, 2.24) is 5.32 Å². The van der Waals surface area contributed by atoms with E-state index in [4.69, 9.17) is 4.74 Å². The number of carbonyl (C=O) groups is 1. The summed E-state index contributed by atoms with van der Waals surface area (Å²) in [6, 6.07) is 8.03. The number of carboxylic acids is 1. The van der Waals surface area contributed by atoms with Gasteiger partial charge in [-0.05, 0) is 43.9 Å². The molecular weight excluding hydrogens is 266 g/mol. The van der Waals surface area contributed by atoms with Crippen LogP contribution < -0.4 is 10.1 Å². The molecule has 0 aliphatic heterocycles. The van der Waals surface area contributed by atoms with Crippen molar-refractivity contribution in [2.24, 2.45) is 0 Å².